The summed E-state index contributed by atoms with van der Waals surface area (Å²) in [5.41, 5.74) is 5.69. The number of anilines is 1. The predicted octanol–water partition coefficient (Wildman–Crippen LogP) is 4.07. The van der Waals surface area contributed by atoms with E-state index in [1.54, 1.807) is 0 Å². The van der Waals surface area contributed by atoms with Crippen LogP contribution in [0.5, 0.6) is 0 Å². The van der Waals surface area contributed by atoms with Gasteiger partial charge in [0.05, 0.1) is 17.4 Å². The lowest BCUT2D eigenvalue weighted by Gasteiger charge is -2.23. The third-order valence-electron chi connectivity index (χ3n) is 6.02. The molecular formula is C22H27N5O. The van der Waals surface area contributed by atoms with Gasteiger partial charge in [0.1, 0.15) is 5.82 Å². The average Bonchev–Trinajstić information content (AvgIpc) is 3.19. The van der Waals surface area contributed by atoms with Gasteiger partial charge in [-0.2, -0.15) is 9.61 Å². The van der Waals surface area contributed by atoms with Crippen molar-refractivity contribution in [3.63, 3.8) is 0 Å². The highest BCUT2D eigenvalue weighted by atomic mass is 16.5. The van der Waals surface area contributed by atoms with E-state index in [1.165, 1.54) is 24.1 Å². The Kier molecular flexibility index (Phi) is 4.72. The Morgan fingerprint density at radius 1 is 1.18 bits per heavy atom. The Hall–Kier alpha value is -2.47. The molecule has 0 spiro atoms. The molecule has 0 aromatic carbocycles. The number of fused-ring (bicyclic) bond motifs is 2. The van der Waals surface area contributed by atoms with Crippen molar-refractivity contribution in [3.8, 4) is 0 Å². The van der Waals surface area contributed by atoms with Crippen LogP contribution in [0.25, 0.3) is 5.65 Å². The molecule has 0 radical (unpaired) electrons. The van der Waals surface area contributed by atoms with Crippen molar-refractivity contribution in [2.75, 3.05) is 18.5 Å². The molecule has 0 unspecified atom stereocenters. The minimum absolute atomic E-state index is 0.105. The topological polar surface area (TPSA) is 64.3 Å². The summed E-state index contributed by atoms with van der Waals surface area (Å²) < 4.78 is 7.57. The summed E-state index contributed by atoms with van der Waals surface area (Å²) in [6.45, 7) is 3.81. The molecule has 0 bridgehead atoms. The van der Waals surface area contributed by atoms with Crippen molar-refractivity contribution in [1.82, 2.24) is 19.6 Å². The van der Waals surface area contributed by atoms with Gasteiger partial charge in [-0.3, -0.25) is 4.98 Å². The number of aromatic nitrogens is 4. The third-order valence-corrected chi connectivity index (χ3v) is 6.02. The molecule has 0 saturated carbocycles. The first kappa shape index (κ1) is 17.6. The molecule has 3 aromatic heterocycles. The molecule has 2 aliphatic rings. The van der Waals surface area contributed by atoms with Crippen LogP contribution in [0.1, 0.15) is 67.2 Å². The maximum absolute atomic E-state index is 5.53. The molecule has 1 N–H and O–H groups in total. The maximum Gasteiger partial charge on any atom is 0.157 e. The van der Waals surface area contributed by atoms with Gasteiger partial charge < -0.3 is 10.1 Å². The highest BCUT2D eigenvalue weighted by Gasteiger charge is 2.24. The molecule has 1 fully saturated rings. The van der Waals surface area contributed by atoms with Crippen LogP contribution in [-0.2, 0) is 17.6 Å². The van der Waals surface area contributed by atoms with Crippen molar-refractivity contribution in [3.05, 3.63) is 53.1 Å². The van der Waals surface area contributed by atoms with Crippen molar-refractivity contribution in [1.29, 1.82) is 0 Å². The first-order valence-corrected chi connectivity index (χ1v) is 10.5. The Bertz CT molecular complexity index is 962. The lowest BCUT2D eigenvalue weighted by Crippen LogP contribution is -2.18. The highest BCUT2D eigenvalue weighted by Crippen LogP contribution is 2.32. The van der Waals surface area contributed by atoms with Crippen LogP contribution in [0.3, 0.4) is 0 Å². The fourth-order valence-electron chi connectivity index (χ4n) is 4.42. The highest BCUT2D eigenvalue weighted by molar-refractivity contribution is 5.58. The summed E-state index contributed by atoms with van der Waals surface area (Å²) in [6, 6.07) is 8.35. The fraction of sp³-hybridized carbons (Fsp3) is 0.500. The van der Waals surface area contributed by atoms with E-state index in [-0.39, 0.29) is 6.04 Å². The number of pyridine rings is 1. The Labute approximate surface area is 165 Å². The Morgan fingerprint density at radius 3 is 2.86 bits per heavy atom. The second-order valence-electron chi connectivity index (χ2n) is 7.94. The number of nitrogens with one attached hydrogen (secondary N) is 1. The molecule has 5 rings (SSSR count). The van der Waals surface area contributed by atoms with E-state index in [9.17, 15) is 0 Å². The average molecular weight is 377 g/mol. The van der Waals surface area contributed by atoms with E-state index in [2.05, 4.69) is 29.4 Å². The molecule has 6 nitrogen and oxygen atoms in total. The van der Waals surface area contributed by atoms with Crippen molar-refractivity contribution in [2.45, 2.75) is 57.4 Å². The van der Waals surface area contributed by atoms with Crippen LogP contribution >= 0.6 is 0 Å². The van der Waals surface area contributed by atoms with Crippen molar-refractivity contribution >= 4 is 11.5 Å². The number of hydrogen-bond acceptors (Lipinski definition) is 5. The van der Waals surface area contributed by atoms with Crippen LogP contribution in [-0.4, -0.2) is 32.8 Å². The van der Waals surface area contributed by atoms with E-state index >= 15 is 0 Å². The number of ether oxygens (including phenoxy) is 1. The van der Waals surface area contributed by atoms with Gasteiger partial charge >= 0.3 is 0 Å². The quantitative estimate of drug-likeness (QED) is 0.742. The summed E-state index contributed by atoms with van der Waals surface area (Å²) in [6.07, 6.45) is 8.46. The largest absolute Gasteiger partial charge is 0.381 e. The van der Waals surface area contributed by atoms with E-state index in [4.69, 9.17) is 14.8 Å². The second kappa shape index (κ2) is 7.51. The number of rotatable bonds is 4. The van der Waals surface area contributed by atoms with Crippen LogP contribution in [0.2, 0.25) is 0 Å². The van der Waals surface area contributed by atoms with Gasteiger partial charge in [0.25, 0.3) is 0 Å². The summed E-state index contributed by atoms with van der Waals surface area (Å²) in [7, 11) is 0. The first-order chi connectivity index (χ1) is 13.8. The third kappa shape index (κ3) is 3.26. The van der Waals surface area contributed by atoms with Crippen molar-refractivity contribution in [2.24, 2.45) is 0 Å². The van der Waals surface area contributed by atoms with E-state index in [0.29, 0.717) is 5.92 Å². The molecule has 1 atom stereocenters. The lowest BCUT2D eigenvalue weighted by molar-refractivity contribution is 0.0844. The molecule has 4 heterocycles. The van der Waals surface area contributed by atoms with Gasteiger partial charge in [0, 0.05) is 42.7 Å². The van der Waals surface area contributed by atoms with Gasteiger partial charge in [-0.15, -0.1) is 0 Å². The van der Waals surface area contributed by atoms with Crippen LogP contribution in [0.4, 0.5) is 5.82 Å². The fourth-order valence-corrected chi connectivity index (χ4v) is 4.42. The summed E-state index contributed by atoms with van der Waals surface area (Å²) in [5.74, 6) is 1.56. The number of nitrogens with zero attached hydrogens (tertiary/aromatic N) is 4. The Morgan fingerprint density at radius 2 is 2.04 bits per heavy atom. The van der Waals surface area contributed by atoms with Crippen LogP contribution in [0.15, 0.2) is 30.5 Å². The van der Waals surface area contributed by atoms with Crippen molar-refractivity contribution < 1.29 is 4.74 Å². The summed E-state index contributed by atoms with van der Waals surface area (Å²) in [5, 5.41) is 8.73. The molecule has 1 aliphatic carbocycles. The minimum atomic E-state index is 0.105. The monoisotopic (exact) mass is 377 g/mol. The van der Waals surface area contributed by atoms with Gasteiger partial charge in [-0.1, -0.05) is 6.07 Å². The lowest BCUT2D eigenvalue weighted by atomic mass is 9.96. The second-order valence-corrected chi connectivity index (χ2v) is 7.94. The molecule has 1 saturated heterocycles. The normalized spacial score (nSPS) is 18.8. The molecule has 146 valence electrons. The van der Waals surface area contributed by atoms with Gasteiger partial charge in [0.15, 0.2) is 5.65 Å². The SMILES string of the molecule is C[C@@H](Nc1c2c(nc3cc(C4CCOCC4)nn13)CCCC2)c1ccccn1. The zero-order chi connectivity index (χ0) is 18.9. The van der Waals surface area contributed by atoms with E-state index < -0.39 is 0 Å². The minimum Gasteiger partial charge on any atom is -0.381 e. The first-order valence-electron chi connectivity index (χ1n) is 10.5. The van der Waals surface area contributed by atoms with Gasteiger partial charge in [0.2, 0.25) is 0 Å². The molecule has 1 aliphatic heterocycles. The predicted molar refractivity (Wildman–Crippen MR) is 109 cm³/mol. The van der Waals surface area contributed by atoms with Gasteiger partial charge in [-0.05, 0) is 57.6 Å². The zero-order valence-corrected chi connectivity index (χ0v) is 16.4. The van der Waals surface area contributed by atoms with E-state index in [0.717, 1.165) is 61.7 Å². The Balaban J connectivity index is 1.57. The van der Waals surface area contributed by atoms with Crippen LogP contribution < -0.4 is 5.32 Å². The summed E-state index contributed by atoms with van der Waals surface area (Å²) in [4.78, 5) is 9.51. The number of hydrogen-bond donors (Lipinski definition) is 1. The summed E-state index contributed by atoms with van der Waals surface area (Å²) >= 11 is 0. The maximum atomic E-state index is 5.53. The smallest absolute Gasteiger partial charge is 0.157 e. The van der Waals surface area contributed by atoms with Crippen LogP contribution in [0, 0.1) is 0 Å². The zero-order valence-electron chi connectivity index (χ0n) is 16.4. The molecule has 3 aromatic rings. The van der Waals surface area contributed by atoms with Gasteiger partial charge in [-0.25, -0.2) is 4.98 Å². The standard InChI is InChI=1S/C22H27N5O/c1-15(18-7-4-5-11-23-18)24-22-17-6-2-3-8-19(17)25-21-14-20(26-27(21)22)16-9-12-28-13-10-16/h4-5,7,11,14-16,24H,2-3,6,8-10,12-13H2,1H3/t15-/m1/s1. The molecule has 0 amide bonds. The molecule has 6 heteroatoms. The molecular weight excluding hydrogens is 350 g/mol. The molecule has 28 heavy (non-hydrogen) atoms. The number of aryl methyl sites for hydroxylation is 1. The van der Waals surface area contributed by atoms with E-state index in [1.807, 2.05) is 22.8 Å².